The van der Waals surface area contributed by atoms with E-state index >= 15 is 0 Å². The minimum atomic E-state index is -4.73. The van der Waals surface area contributed by atoms with Gasteiger partial charge in [-0.25, -0.2) is 9.97 Å². The average Bonchev–Trinajstić information content (AvgIpc) is 3.17. The second-order valence-corrected chi connectivity index (χ2v) is 7.38. The van der Waals surface area contributed by atoms with E-state index in [1.165, 1.54) is 0 Å². The van der Waals surface area contributed by atoms with Crippen molar-refractivity contribution in [1.29, 1.82) is 0 Å². The van der Waals surface area contributed by atoms with Crippen molar-refractivity contribution in [3.8, 4) is 0 Å². The highest BCUT2D eigenvalue weighted by Crippen LogP contribution is 2.35. The molecule has 1 aliphatic rings. The molecule has 3 atom stereocenters. The van der Waals surface area contributed by atoms with Crippen molar-refractivity contribution in [2.24, 2.45) is 0 Å². The first kappa shape index (κ1) is 20.5. The molecule has 160 valence electrons. The molecule has 3 aromatic rings. The molecule has 11 heteroatoms. The molecule has 30 heavy (non-hydrogen) atoms. The number of hydrogen-bond acceptors (Lipinski definition) is 7. The van der Waals surface area contributed by atoms with E-state index in [0.717, 1.165) is 30.7 Å². The summed E-state index contributed by atoms with van der Waals surface area (Å²) in [6, 6.07) is 5.59. The first-order chi connectivity index (χ1) is 14.4. The highest BCUT2D eigenvalue weighted by atomic mass is 19.4. The summed E-state index contributed by atoms with van der Waals surface area (Å²) in [4.78, 5) is 7.64. The van der Waals surface area contributed by atoms with Gasteiger partial charge in [0, 0.05) is 24.4 Å². The molecule has 0 aromatic carbocycles. The molecule has 3 N–H and O–H groups in total. The number of alkyl halides is 3. The number of nitrogens with one attached hydrogen (secondary N) is 1. The van der Waals surface area contributed by atoms with Crippen LogP contribution in [-0.4, -0.2) is 47.4 Å². The summed E-state index contributed by atoms with van der Waals surface area (Å²) in [7, 11) is 0. The molecule has 0 bridgehead atoms. The van der Waals surface area contributed by atoms with Gasteiger partial charge in [0.2, 0.25) is 5.95 Å². The van der Waals surface area contributed by atoms with Crippen molar-refractivity contribution in [2.75, 3.05) is 11.9 Å². The van der Waals surface area contributed by atoms with E-state index in [1.54, 1.807) is 0 Å². The number of rotatable bonds is 5. The maximum absolute atomic E-state index is 13.2. The molecular formula is C19H21F3N6O2. The van der Waals surface area contributed by atoms with E-state index < -0.39 is 30.1 Å². The number of fused-ring (bicyclic) bond motifs is 1. The summed E-state index contributed by atoms with van der Waals surface area (Å²) >= 11 is 0. The van der Waals surface area contributed by atoms with E-state index in [9.17, 15) is 18.3 Å². The molecule has 0 amide bonds. The van der Waals surface area contributed by atoms with Gasteiger partial charge in [-0.1, -0.05) is 12.5 Å². The minimum Gasteiger partial charge on any atom is -0.393 e. The molecule has 3 aromatic heterocycles. The maximum atomic E-state index is 13.2. The Morgan fingerprint density at radius 3 is 2.83 bits per heavy atom. The van der Waals surface area contributed by atoms with E-state index in [2.05, 4.69) is 25.5 Å². The number of aromatic nitrogens is 5. The van der Waals surface area contributed by atoms with Crippen LogP contribution in [0, 0.1) is 0 Å². The zero-order chi connectivity index (χ0) is 21.3. The molecule has 0 spiro atoms. The smallest absolute Gasteiger partial charge is 0.393 e. The molecule has 1 saturated carbocycles. The van der Waals surface area contributed by atoms with Crippen LogP contribution < -0.4 is 5.32 Å². The second-order valence-electron chi connectivity index (χ2n) is 7.38. The zero-order valence-electron chi connectivity index (χ0n) is 15.9. The fourth-order valence-electron chi connectivity index (χ4n) is 3.90. The maximum Gasteiger partial charge on any atom is 0.419 e. The SMILES string of the molecule is OCC(O)c1nc(N[C@@H]2CCC[C@H](c3nnc4ccccn34)C2)ncc1C(F)(F)F. The first-order valence-electron chi connectivity index (χ1n) is 9.66. The molecule has 8 nitrogen and oxygen atoms in total. The summed E-state index contributed by atoms with van der Waals surface area (Å²) in [5.74, 6) is 0.967. The number of halogens is 3. The summed E-state index contributed by atoms with van der Waals surface area (Å²) < 4.78 is 41.4. The topological polar surface area (TPSA) is 108 Å². The lowest BCUT2D eigenvalue weighted by atomic mass is 9.85. The van der Waals surface area contributed by atoms with Crippen LogP contribution >= 0.6 is 0 Å². The lowest BCUT2D eigenvalue weighted by Crippen LogP contribution is -2.29. The van der Waals surface area contributed by atoms with E-state index in [0.29, 0.717) is 12.6 Å². The van der Waals surface area contributed by atoms with Crippen LogP contribution in [0.4, 0.5) is 19.1 Å². The van der Waals surface area contributed by atoms with Crippen LogP contribution in [0.3, 0.4) is 0 Å². The molecular weight excluding hydrogens is 401 g/mol. The van der Waals surface area contributed by atoms with Gasteiger partial charge in [0.1, 0.15) is 11.9 Å². The Bertz CT molecular complexity index is 1020. The Hall–Kier alpha value is -2.79. The van der Waals surface area contributed by atoms with Gasteiger partial charge in [-0.15, -0.1) is 10.2 Å². The van der Waals surface area contributed by atoms with E-state index in [4.69, 9.17) is 5.11 Å². The Kier molecular flexibility index (Phi) is 5.56. The standard InChI is InChI=1S/C19H21F3N6O2/c20-19(21,22)13-9-23-18(25-16(13)14(30)10-29)24-12-5-3-4-11(8-12)17-27-26-15-6-1-2-7-28(15)17/h1-2,6-7,9,11-12,14,29-30H,3-5,8,10H2,(H,23,24,25)/t11-,12+,14?/m0/s1. The Labute approximate surface area is 169 Å². The van der Waals surface area contributed by atoms with Crippen LogP contribution in [0.15, 0.2) is 30.6 Å². The third-order valence-electron chi connectivity index (χ3n) is 5.32. The molecule has 1 aliphatic carbocycles. The predicted molar refractivity (Wildman–Crippen MR) is 101 cm³/mol. The van der Waals surface area contributed by atoms with Crippen molar-refractivity contribution < 1.29 is 23.4 Å². The van der Waals surface area contributed by atoms with Crippen LogP contribution in [0.2, 0.25) is 0 Å². The van der Waals surface area contributed by atoms with Gasteiger partial charge in [-0.05, 0) is 31.4 Å². The van der Waals surface area contributed by atoms with Gasteiger partial charge < -0.3 is 15.5 Å². The van der Waals surface area contributed by atoms with Crippen molar-refractivity contribution in [2.45, 2.75) is 49.9 Å². The number of anilines is 1. The molecule has 4 rings (SSSR count). The van der Waals surface area contributed by atoms with Crippen LogP contribution in [0.5, 0.6) is 0 Å². The van der Waals surface area contributed by atoms with Crippen LogP contribution in [0.25, 0.3) is 5.65 Å². The summed E-state index contributed by atoms with van der Waals surface area (Å²) in [5.41, 5.74) is -1.04. The summed E-state index contributed by atoms with van der Waals surface area (Å²) in [6.07, 6.45) is -0.611. The lowest BCUT2D eigenvalue weighted by Gasteiger charge is -2.29. The average molecular weight is 422 g/mol. The number of pyridine rings is 1. The molecule has 1 unspecified atom stereocenters. The van der Waals surface area contributed by atoms with Gasteiger partial charge in [-0.3, -0.25) is 4.40 Å². The number of aliphatic hydroxyl groups is 2. The molecule has 3 heterocycles. The first-order valence-corrected chi connectivity index (χ1v) is 9.66. The van der Waals surface area contributed by atoms with Crippen LogP contribution in [0.1, 0.15) is 54.8 Å². The minimum absolute atomic E-state index is 0.0118. The lowest BCUT2D eigenvalue weighted by molar-refractivity contribution is -0.140. The van der Waals surface area contributed by atoms with Crippen molar-refractivity contribution >= 4 is 11.6 Å². The Balaban J connectivity index is 1.54. The summed E-state index contributed by atoms with van der Waals surface area (Å²) in [5, 5.41) is 30.5. The zero-order valence-corrected chi connectivity index (χ0v) is 15.9. The van der Waals surface area contributed by atoms with Crippen molar-refractivity contribution in [3.63, 3.8) is 0 Å². The third-order valence-corrected chi connectivity index (χ3v) is 5.32. The van der Waals surface area contributed by atoms with Gasteiger partial charge >= 0.3 is 6.18 Å². The van der Waals surface area contributed by atoms with Crippen LogP contribution in [-0.2, 0) is 6.18 Å². The van der Waals surface area contributed by atoms with Crippen molar-refractivity contribution in [3.05, 3.63) is 47.7 Å². The third kappa shape index (κ3) is 4.08. The highest BCUT2D eigenvalue weighted by molar-refractivity contribution is 5.38. The monoisotopic (exact) mass is 422 g/mol. The molecule has 1 fully saturated rings. The fraction of sp³-hybridized carbons (Fsp3) is 0.474. The predicted octanol–water partition coefficient (Wildman–Crippen LogP) is 2.70. The Morgan fingerprint density at radius 2 is 2.07 bits per heavy atom. The second kappa shape index (κ2) is 8.15. The normalized spacial score (nSPS) is 21.0. The molecule has 0 saturated heterocycles. The molecule has 0 aliphatic heterocycles. The van der Waals surface area contributed by atoms with Gasteiger partial charge in [-0.2, -0.15) is 13.2 Å². The highest BCUT2D eigenvalue weighted by Gasteiger charge is 2.37. The Morgan fingerprint density at radius 1 is 1.23 bits per heavy atom. The van der Waals surface area contributed by atoms with E-state index in [1.807, 2.05) is 28.8 Å². The summed E-state index contributed by atoms with van der Waals surface area (Å²) in [6.45, 7) is -0.870. The van der Waals surface area contributed by atoms with Gasteiger partial charge in [0.15, 0.2) is 5.65 Å². The molecule has 0 radical (unpaired) electrons. The quantitative estimate of drug-likeness (QED) is 0.580. The number of aliphatic hydroxyl groups excluding tert-OH is 2. The largest absolute Gasteiger partial charge is 0.419 e. The van der Waals surface area contributed by atoms with Crippen molar-refractivity contribution in [1.82, 2.24) is 24.6 Å². The number of hydrogen-bond donors (Lipinski definition) is 3. The van der Waals surface area contributed by atoms with Gasteiger partial charge in [0.25, 0.3) is 0 Å². The number of nitrogens with zero attached hydrogens (tertiary/aromatic N) is 5. The fourth-order valence-corrected chi connectivity index (χ4v) is 3.90. The van der Waals surface area contributed by atoms with Gasteiger partial charge in [0.05, 0.1) is 17.9 Å². The van der Waals surface area contributed by atoms with E-state index in [-0.39, 0.29) is 17.9 Å².